The first-order chi connectivity index (χ1) is 8.84. The standard InChI is InChI=1S/C13H10ClF3O2/c1-2-19-12(18)5-3-4-9-8-10(14)6-7-11(9)13(15,16)17/h6-8H,2,5H2,1H3. The monoisotopic (exact) mass is 290 g/mol. The average Bonchev–Trinajstić information content (AvgIpc) is 2.27. The van der Waals surface area contributed by atoms with Crippen LogP contribution in [0.3, 0.4) is 0 Å². The summed E-state index contributed by atoms with van der Waals surface area (Å²) in [5, 5.41) is 0.147. The maximum atomic E-state index is 12.7. The Bertz CT molecular complexity index is 527. The van der Waals surface area contributed by atoms with Crippen molar-refractivity contribution in [2.45, 2.75) is 19.5 Å². The summed E-state index contributed by atoms with van der Waals surface area (Å²) in [6, 6.07) is 3.11. The van der Waals surface area contributed by atoms with E-state index < -0.39 is 17.7 Å². The van der Waals surface area contributed by atoms with Gasteiger partial charge < -0.3 is 4.74 Å². The van der Waals surface area contributed by atoms with E-state index in [9.17, 15) is 18.0 Å². The van der Waals surface area contributed by atoms with Gasteiger partial charge in [0, 0.05) is 10.6 Å². The molecule has 0 aromatic heterocycles. The van der Waals surface area contributed by atoms with Crippen LogP contribution < -0.4 is 0 Å². The highest BCUT2D eigenvalue weighted by Crippen LogP contribution is 2.32. The fraction of sp³-hybridized carbons (Fsp3) is 0.308. The molecule has 0 amide bonds. The molecule has 0 saturated heterocycles. The second-order valence-electron chi connectivity index (χ2n) is 3.47. The summed E-state index contributed by atoms with van der Waals surface area (Å²) in [6.07, 6.45) is -4.78. The lowest BCUT2D eigenvalue weighted by molar-refractivity contribution is -0.141. The number of halogens is 4. The van der Waals surface area contributed by atoms with Gasteiger partial charge >= 0.3 is 12.1 Å². The minimum Gasteiger partial charge on any atom is -0.465 e. The highest BCUT2D eigenvalue weighted by molar-refractivity contribution is 6.30. The van der Waals surface area contributed by atoms with E-state index in [4.69, 9.17) is 11.6 Å². The van der Waals surface area contributed by atoms with Crippen molar-refractivity contribution < 1.29 is 22.7 Å². The molecule has 0 radical (unpaired) electrons. The Morgan fingerprint density at radius 1 is 1.42 bits per heavy atom. The van der Waals surface area contributed by atoms with Crippen molar-refractivity contribution in [3.63, 3.8) is 0 Å². The molecular weight excluding hydrogens is 281 g/mol. The Morgan fingerprint density at radius 2 is 2.11 bits per heavy atom. The SMILES string of the molecule is CCOC(=O)CC#Cc1cc(Cl)ccc1C(F)(F)F. The van der Waals surface area contributed by atoms with Crippen LogP contribution in [0.4, 0.5) is 13.2 Å². The van der Waals surface area contributed by atoms with Gasteiger partial charge in [-0.25, -0.2) is 0 Å². The maximum Gasteiger partial charge on any atom is 0.417 e. The molecule has 102 valence electrons. The quantitative estimate of drug-likeness (QED) is 0.614. The Labute approximate surface area is 113 Å². The average molecular weight is 291 g/mol. The van der Waals surface area contributed by atoms with Crippen LogP contribution in [0.15, 0.2) is 18.2 Å². The number of carbonyl (C=O) groups excluding carboxylic acids is 1. The largest absolute Gasteiger partial charge is 0.465 e. The zero-order chi connectivity index (χ0) is 14.5. The van der Waals surface area contributed by atoms with Gasteiger partial charge in [0.15, 0.2) is 0 Å². The molecule has 0 N–H and O–H groups in total. The van der Waals surface area contributed by atoms with Gasteiger partial charge in [0.05, 0.1) is 12.2 Å². The number of hydrogen-bond donors (Lipinski definition) is 0. The van der Waals surface area contributed by atoms with Crippen molar-refractivity contribution in [1.29, 1.82) is 0 Å². The number of hydrogen-bond acceptors (Lipinski definition) is 2. The molecule has 0 fully saturated rings. The Kier molecular flexibility index (Phi) is 5.25. The molecule has 0 aliphatic rings. The van der Waals surface area contributed by atoms with E-state index in [1.165, 1.54) is 0 Å². The summed E-state index contributed by atoms with van der Waals surface area (Å²) in [5.74, 6) is 4.06. The van der Waals surface area contributed by atoms with E-state index in [0.717, 1.165) is 18.2 Å². The van der Waals surface area contributed by atoms with Gasteiger partial charge in [0.2, 0.25) is 0 Å². The Hall–Kier alpha value is -1.67. The van der Waals surface area contributed by atoms with E-state index >= 15 is 0 Å². The minimum atomic E-state index is -4.52. The summed E-state index contributed by atoms with van der Waals surface area (Å²) < 4.78 is 42.7. The summed E-state index contributed by atoms with van der Waals surface area (Å²) in [5.41, 5.74) is -1.14. The van der Waals surface area contributed by atoms with Crippen LogP contribution in [-0.2, 0) is 15.7 Å². The zero-order valence-electron chi connectivity index (χ0n) is 9.97. The topological polar surface area (TPSA) is 26.3 Å². The third-order valence-electron chi connectivity index (χ3n) is 2.05. The molecule has 0 heterocycles. The molecule has 1 aromatic rings. The van der Waals surface area contributed by atoms with E-state index in [1.807, 2.05) is 0 Å². The van der Waals surface area contributed by atoms with Gasteiger partial charge in [-0.15, -0.1) is 0 Å². The third kappa shape index (κ3) is 4.84. The summed E-state index contributed by atoms with van der Waals surface area (Å²) >= 11 is 5.63. The van der Waals surface area contributed by atoms with E-state index in [2.05, 4.69) is 16.6 Å². The number of ether oxygens (including phenoxy) is 1. The lowest BCUT2D eigenvalue weighted by Crippen LogP contribution is -2.07. The molecule has 0 unspecified atom stereocenters. The molecule has 1 rings (SSSR count). The number of rotatable bonds is 2. The van der Waals surface area contributed by atoms with Crippen molar-refractivity contribution in [2.75, 3.05) is 6.61 Å². The summed E-state index contributed by atoms with van der Waals surface area (Å²) in [4.78, 5) is 11.0. The van der Waals surface area contributed by atoms with Crippen molar-refractivity contribution in [3.8, 4) is 11.8 Å². The minimum absolute atomic E-state index is 0.147. The van der Waals surface area contributed by atoms with Gasteiger partial charge in [0.25, 0.3) is 0 Å². The van der Waals surface area contributed by atoms with E-state index in [1.54, 1.807) is 6.92 Å². The first-order valence-electron chi connectivity index (χ1n) is 5.36. The lowest BCUT2D eigenvalue weighted by atomic mass is 10.1. The van der Waals surface area contributed by atoms with Crippen molar-refractivity contribution >= 4 is 17.6 Å². The second kappa shape index (κ2) is 6.48. The van der Waals surface area contributed by atoms with Gasteiger partial charge in [-0.2, -0.15) is 13.2 Å². The molecule has 0 aliphatic heterocycles. The van der Waals surface area contributed by atoms with Crippen LogP contribution in [-0.4, -0.2) is 12.6 Å². The number of esters is 1. The van der Waals surface area contributed by atoms with Crippen molar-refractivity contribution in [3.05, 3.63) is 34.3 Å². The van der Waals surface area contributed by atoms with Crippen molar-refractivity contribution in [1.82, 2.24) is 0 Å². The molecule has 0 spiro atoms. The van der Waals surface area contributed by atoms with Gasteiger partial charge in [-0.1, -0.05) is 23.4 Å². The predicted molar refractivity (Wildman–Crippen MR) is 64.6 cm³/mol. The molecule has 6 heteroatoms. The fourth-order valence-electron chi connectivity index (χ4n) is 1.29. The first-order valence-corrected chi connectivity index (χ1v) is 5.73. The van der Waals surface area contributed by atoms with Crippen molar-refractivity contribution in [2.24, 2.45) is 0 Å². The number of alkyl halides is 3. The van der Waals surface area contributed by atoms with Gasteiger partial charge in [-0.05, 0) is 25.1 Å². The van der Waals surface area contributed by atoms with Crippen LogP contribution in [0.5, 0.6) is 0 Å². The number of carbonyl (C=O) groups is 1. The van der Waals surface area contributed by atoms with E-state index in [-0.39, 0.29) is 23.6 Å². The summed E-state index contributed by atoms with van der Waals surface area (Å²) in [6.45, 7) is 1.83. The molecule has 0 bridgehead atoms. The molecule has 0 aliphatic carbocycles. The molecule has 2 nitrogen and oxygen atoms in total. The zero-order valence-corrected chi connectivity index (χ0v) is 10.7. The van der Waals surface area contributed by atoms with Crippen LogP contribution in [0.2, 0.25) is 5.02 Å². The smallest absolute Gasteiger partial charge is 0.417 e. The third-order valence-corrected chi connectivity index (χ3v) is 2.28. The Morgan fingerprint density at radius 3 is 2.68 bits per heavy atom. The predicted octanol–water partition coefficient (Wildman–Crippen LogP) is 3.66. The van der Waals surface area contributed by atoms with E-state index in [0.29, 0.717) is 0 Å². The van der Waals surface area contributed by atoms with Crippen LogP contribution in [0.1, 0.15) is 24.5 Å². The highest BCUT2D eigenvalue weighted by Gasteiger charge is 2.32. The first kappa shape index (κ1) is 15.4. The Balaban J connectivity index is 2.97. The van der Waals surface area contributed by atoms with Crippen LogP contribution in [0, 0.1) is 11.8 Å². The maximum absolute atomic E-state index is 12.7. The summed E-state index contributed by atoms with van der Waals surface area (Å²) in [7, 11) is 0. The molecule has 0 atom stereocenters. The molecular formula is C13H10ClF3O2. The molecule has 19 heavy (non-hydrogen) atoms. The molecule has 1 aromatic carbocycles. The highest BCUT2D eigenvalue weighted by atomic mass is 35.5. The normalized spacial score (nSPS) is 10.6. The molecule has 0 saturated carbocycles. The second-order valence-corrected chi connectivity index (χ2v) is 3.91. The van der Waals surface area contributed by atoms with Crippen LogP contribution >= 0.6 is 11.6 Å². The van der Waals surface area contributed by atoms with Gasteiger partial charge in [-0.3, -0.25) is 4.79 Å². The lowest BCUT2D eigenvalue weighted by Gasteiger charge is -2.08. The van der Waals surface area contributed by atoms with Crippen LogP contribution in [0.25, 0.3) is 0 Å². The number of benzene rings is 1. The van der Waals surface area contributed by atoms with Gasteiger partial charge in [0.1, 0.15) is 6.42 Å². The fourth-order valence-corrected chi connectivity index (χ4v) is 1.46.